The van der Waals surface area contributed by atoms with Crippen LogP contribution in [0.2, 0.25) is 0 Å². The number of rotatable bonds is 1. The van der Waals surface area contributed by atoms with Gasteiger partial charge in [-0.2, -0.15) is 13.2 Å². The molecule has 114 valence electrons. The van der Waals surface area contributed by atoms with E-state index in [-0.39, 0.29) is 19.5 Å². The molecule has 2 atom stereocenters. The molecule has 0 bridgehead atoms. The van der Waals surface area contributed by atoms with Crippen LogP contribution in [0.25, 0.3) is 0 Å². The van der Waals surface area contributed by atoms with E-state index < -0.39 is 30.1 Å². The van der Waals surface area contributed by atoms with Gasteiger partial charge in [0.2, 0.25) is 5.91 Å². The highest BCUT2D eigenvalue weighted by Gasteiger charge is 2.48. The zero-order chi connectivity index (χ0) is 14.9. The van der Waals surface area contributed by atoms with Crippen LogP contribution in [0.4, 0.5) is 13.2 Å². The predicted octanol–water partition coefficient (Wildman–Crippen LogP) is 0.523. The molecule has 20 heavy (non-hydrogen) atoms. The average Bonchev–Trinajstić information content (AvgIpc) is 2.84. The maximum absolute atomic E-state index is 12.5. The van der Waals surface area contributed by atoms with Gasteiger partial charge in [0.15, 0.2) is 0 Å². The molecule has 0 radical (unpaired) electrons. The third-order valence-electron chi connectivity index (χ3n) is 3.75. The Morgan fingerprint density at radius 1 is 1.10 bits per heavy atom. The molecular weight excluding hydrogens is 277 g/mol. The number of aliphatic hydroxyl groups excluding tert-OH is 1. The van der Waals surface area contributed by atoms with Crippen molar-refractivity contribution < 1.29 is 27.9 Å². The van der Waals surface area contributed by atoms with Gasteiger partial charge in [0.1, 0.15) is 6.04 Å². The van der Waals surface area contributed by atoms with Crippen LogP contribution in [0.5, 0.6) is 0 Å². The molecule has 0 spiro atoms. The van der Waals surface area contributed by atoms with E-state index in [1.807, 2.05) is 0 Å². The number of amides is 2. The quantitative estimate of drug-likeness (QED) is 0.767. The molecule has 2 heterocycles. The number of β-amino-alcohol motifs (C(OH)–C–C–N with tert-alkyl or cyclic N) is 1. The zero-order valence-corrected chi connectivity index (χ0v) is 10.9. The molecule has 2 rings (SSSR count). The van der Waals surface area contributed by atoms with Crippen molar-refractivity contribution in [2.45, 2.75) is 44.0 Å². The minimum absolute atomic E-state index is 0.0505. The van der Waals surface area contributed by atoms with Gasteiger partial charge in [0.05, 0.1) is 6.10 Å². The van der Waals surface area contributed by atoms with Crippen LogP contribution < -0.4 is 0 Å². The summed E-state index contributed by atoms with van der Waals surface area (Å²) in [7, 11) is 0. The van der Waals surface area contributed by atoms with Gasteiger partial charge in [-0.15, -0.1) is 0 Å². The summed E-state index contributed by atoms with van der Waals surface area (Å²) >= 11 is 0. The molecule has 5 nitrogen and oxygen atoms in total. The molecule has 0 aromatic carbocycles. The standard InChI is InChI=1S/C12H17F3N2O3/c13-12(14,15)11(20)17-6-2-4-9(17)10(19)16-5-1-3-8(18)7-16/h8-9,18H,1-7H2. The van der Waals surface area contributed by atoms with Gasteiger partial charge < -0.3 is 14.9 Å². The van der Waals surface area contributed by atoms with Gasteiger partial charge in [0, 0.05) is 19.6 Å². The van der Waals surface area contributed by atoms with Gasteiger partial charge in [0.25, 0.3) is 0 Å². The molecule has 1 N–H and O–H groups in total. The summed E-state index contributed by atoms with van der Waals surface area (Å²) in [6.45, 7) is 0.495. The van der Waals surface area contributed by atoms with Crippen molar-refractivity contribution in [3.63, 3.8) is 0 Å². The molecule has 2 aliphatic rings. The van der Waals surface area contributed by atoms with Crippen LogP contribution in [-0.4, -0.2) is 64.7 Å². The molecule has 0 aromatic rings. The number of nitrogens with zero attached hydrogens (tertiary/aromatic N) is 2. The number of hydrogen-bond acceptors (Lipinski definition) is 3. The average molecular weight is 294 g/mol. The molecule has 2 saturated heterocycles. The largest absolute Gasteiger partial charge is 0.471 e. The van der Waals surface area contributed by atoms with E-state index in [1.54, 1.807) is 0 Å². The van der Waals surface area contributed by atoms with E-state index in [2.05, 4.69) is 0 Å². The lowest BCUT2D eigenvalue weighted by Gasteiger charge is -2.34. The number of aliphatic hydroxyl groups is 1. The van der Waals surface area contributed by atoms with E-state index >= 15 is 0 Å². The summed E-state index contributed by atoms with van der Waals surface area (Å²) in [4.78, 5) is 25.5. The van der Waals surface area contributed by atoms with Crippen molar-refractivity contribution in [3.8, 4) is 0 Å². The van der Waals surface area contributed by atoms with Crippen LogP contribution >= 0.6 is 0 Å². The second-order valence-corrected chi connectivity index (χ2v) is 5.23. The van der Waals surface area contributed by atoms with Crippen molar-refractivity contribution in [3.05, 3.63) is 0 Å². The lowest BCUT2D eigenvalue weighted by atomic mass is 10.1. The Hall–Kier alpha value is -1.31. The normalized spacial score (nSPS) is 27.8. The topological polar surface area (TPSA) is 60.9 Å². The summed E-state index contributed by atoms with van der Waals surface area (Å²) in [5.41, 5.74) is 0. The summed E-state index contributed by atoms with van der Waals surface area (Å²) in [5, 5.41) is 9.52. The Morgan fingerprint density at radius 2 is 1.75 bits per heavy atom. The molecule has 2 aliphatic heterocycles. The molecule has 0 saturated carbocycles. The second-order valence-electron chi connectivity index (χ2n) is 5.23. The van der Waals surface area contributed by atoms with E-state index in [4.69, 9.17) is 0 Å². The van der Waals surface area contributed by atoms with Gasteiger partial charge in [-0.25, -0.2) is 0 Å². The maximum atomic E-state index is 12.5. The smallest absolute Gasteiger partial charge is 0.391 e. The van der Waals surface area contributed by atoms with Gasteiger partial charge in [-0.3, -0.25) is 9.59 Å². The van der Waals surface area contributed by atoms with Gasteiger partial charge in [-0.05, 0) is 25.7 Å². The number of carbonyl (C=O) groups excluding carboxylic acids is 2. The van der Waals surface area contributed by atoms with Crippen molar-refractivity contribution >= 4 is 11.8 Å². The number of halogens is 3. The highest BCUT2D eigenvalue weighted by molar-refractivity contribution is 5.90. The number of alkyl halides is 3. The van der Waals surface area contributed by atoms with Crippen LogP contribution in [0.15, 0.2) is 0 Å². The molecule has 2 amide bonds. The summed E-state index contributed by atoms with van der Waals surface area (Å²) < 4.78 is 37.5. The van der Waals surface area contributed by atoms with Crippen LogP contribution in [0.1, 0.15) is 25.7 Å². The molecule has 0 aliphatic carbocycles. The van der Waals surface area contributed by atoms with Crippen LogP contribution in [-0.2, 0) is 9.59 Å². The zero-order valence-electron chi connectivity index (χ0n) is 10.9. The van der Waals surface area contributed by atoms with Crippen molar-refractivity contribution in [1.29, 1.82) is 0 Å². The van der Waals surface area contributed by atoms with Gasteiger partial charge >= 0.3 is 12.1 Å². The lowest BCUT2D eigenvalue weighted by Crippen LogP contribution is -2.53. The third-order valence-corrected chi connectivity index (χ3v) is 3.75. The highest BCUT2D eigenvalue weighted by atomic mass is 19.4. The molecule has 0 aromatic heterocycles. The van der Waals surface area contributed by atoms with Crippen molar-refractivity contribution in [2.75, 3.05) is 19.6 Å². The Bertz CT molecular complexity index is 400. The maximum Gasteiger partial charge on any atom is 0.471 e. The van der Waals surface area contributed by atoms with E-state index in [1.165, 1.54) is 4.90 Å². The summed E-state index contributed by atoms with van der Waals surface area (Å²) in [6.07, 6.45) is -3.76. The SMILES string of the molecule is O=C(C1CCCN1C(=O)C(F)(F)F)N1CCCC(O)C1. The molecule has 2 unspecified atom stereocenters. The van der Waals surface area contributed by atoms with E-state index in [0.29, 0.717) is 30.7 Å². The first-order chi connectivity index (χ1) is 9.30. The fourth-order valence-electron chi connectivity index (χ4n) is 2.80. The van der Waals surface area contributed by atoms with Gasteiger partial charge in [-0.1, -0.05) is 0 Å². The van der Waals surface area contributed by atoms with Crippen LogP contribution in [0, 0.1) is 0 Å². The lowest BCUT2D eigenvalue weighted by molar-refractivity contribution is -0.187. The monoisotopic (exact) mass is 294 g/mol. The molecular formula is C12H17F3N2O3. The number of carbonyl (C=O) groups is 2. The predicted molar refractivity (Wildman–Crippen MR) is 62.6 cm³/mol. The minimum Gasteiger partial charge on any atom is -0.391 e. The fourth-order valence-corrected chi connectivity index (χ4v) is 2.80. The fraction of sp³-hybridized carbons (Fsp3) is 0.833. The Labute approximate surface area is 114 Å². The summed E-state index contributed by atoms with van der Waals surface area (Å²) in [5.74, 6) is -2.44. The van der Waals surface area contributed by atoms with E-state index in [9.17, 15) is 27.9 Å². The first-order valence-corrected chi connectivity index (χ1v) is 6.65. The van der Waals surface area contributed by atoms with Crippen molar-refractivity contribution in [1.82, 2.24) is 9.80 Å². The number of hydrogen-bond donors (Lipinski definition) is 1. The second kappa shape index (κ2) is 5.59. The Balaban J connectivity index is 2.06. The summed E-state index contributed by atoms with van der Waals surface area (Å²) in [6, 6.07) is -1.05. The first kappa shape index (κ1) is 15.1. The molecule has 8 heteroatoms. The highest BCUT2D eigenvalue weighted by Crippen LogP contribution is 2.27. The van der Waals surface area contributed by atoms with Crippen molar-refractivity contribution in [2.24, 2.45) is 0 Å². The number of likely N-dealkylation sites (tertiary alicyclic amines) is 2. The Morgan fingerprint density at radius 3 is 2.35 bits per heavy atom. The Kier molecular flexibility index (Phi) is 4.22. The first-order valence-electron chi connectivity index (χ1n) is 6.65. The molecule has 2 fully saturated rings. The third kappa shape index (κ3) is 3.05. The van der Waals surface area contributed by atoms with E-state index in [0.717, 1.165) is 0 Å². The van der Waals surface area contributed by atoms with Crippen LogP contribution in [0.3, 0.4) is 0 Å². The minimum atomic E-state index is -4.95. The number of piperidine rings is 1.